The van der Waals surface area contributed by atoms with E-state index in [0.29, 0.717) is 42.1 Å². The number of hydrogen-bond donors (Lipinski definition) is 2. The van der Waals surface area contributed by atoms with Crippen molar-refractivity contribution in [3.8, 4) is 0 Å². The van der Waals surface area contributed by atoms with Crippen molar-refractivity contribution in [3.63, 3.8) is 0 Å². The van der Waals surface area contributed by atoms with E-state index in [9.17, 15) is 9.59 Å². The second-order valence-electron chi connectivity index (χ2n) is 7.42. The molecule has 0 spiro atoms. The van der Waals surface area contributed by atoms with E-state index in [-0.39, 0.29) is 12.1 Å². The highest BCUT2D eigenvalue weighted by atomic mass is 16.5. The molecule has 3 rings (SSSR count). The fourth-order valence-corrected chi connectivity index (χ4v) is 3.43. The number of nitrogens with zero attached hydrogens (tertiary/aromatic N) is 4. The Morgan fingerprint density at radius 2 is 2.18 bits per heavy atom. The van der Waals surface area contributed by atoms with E-state index >= 15 is 0 Å². The van der Waals surface area contributed by atoms with Crippen molar-refractivity contribution in [2.45, 2.75) is 46.3 Å². The van der Waals surface area contributed by atoms with E-state index in [0.717, 1.165) is 19.3 Å². The zero-order valence-electron chi connectivity index (χ0n) is 16.6. The maximum absolute atomic E-state index is 12.6. The van der Waals surface area contributed by atoms with Crippen LogP contribution in [0.15, 0.2) is 12.4 Å². The van der Waals surface area contributed by atoms with Gasteiger partial charge in [-0.25, -0.2) is 9.67 Å². The van der Waals surface area contributed by atoms with E-state index in [1.807, 2.05) is 20.8 Å². The number of likely N-dealkylation sites (N-methyl/N-ethyl adjacent to an activating group) is 1. The number of carbonyl (C=O) groups is 2. The summed E-state index contributed by atoms with van der Waals surface area (Å²) in [4.78, 5) is 30.8. The summed E-state index contributed by atoms with van der Waals surface area (Å²) in [5.74, 6) is -0.684. The molecule has 1 unspecified atom stereocenters. The molecule has 9 heteroatoms. The molecule has 1 aliphatic heterocycles. The summed E-state index contributed by atoms with van der Waals surface area (Å²) in [5.41, 5.74) is 7.01. The summed E-state index contributed by atoms with van der Waals surface area (Å²) in [6.45, 7) is 7.51. The van der Waals surface area contributed by atoms with Crippen molar-refractivity contribution in [3.05, 3.63) is 12.4 Å². The summed E-state index contributed by atoms with van der Waals surface area (Å²) in [6, 6.07) is 0. The first-order chi connectivity index (χ1) is 13.4. The molecule has 9 nitrogen and oxygen atoms in total. The molecule has 0 saturated carbocycles. The lowest BCUT2D eigenvalue weighted by molar-refractivity contribution is -0.143. The van der Waals surface area contributed by atoms with Gasteiger partial charge in [-0.05, 0) is 32.1 Å². The van der Waals surface area contributed by atoms with Gasteiger partial charge in [-0.15, -0.1) is 0 Å². The quantitative estimate of drug-likeness (QED) is 0.759. The Bertz CT molecular complexity index is 857. The summed E-state index contributed by atoms with van der Waals surface area (Å²) < 4.78 is 7.55. The number of anilines is 2. The van der Waals surface area contributed by atoms with Crippen molar-refractivity contribution >= 4 is 34.2 Å². The fourth-order valence-electron chi connectivity index (χ4n) is 3.43. The molecule has 2 aromatic heterocycles. The summed E-state index contributed by atoms with van der Waals surface area (Å²) >= 11 is 0. The molecule has 0 bridgehead atoms. The Balaban J connectivity index is 1.90. The number of nitrogens with one attached hydrogen (secondary N) is 1. The van der Waals surface area contributed by atoms with Gasteiger partial charge in [0.15, 0.2) is 6.23 Å². The molecule has 2 aromatic rings. The van der Waals surface area contributed by atoms with Crippen LogP contribution < -0.4 is 11.1 Å². The van der Waals surface area contributed by atoms with Gasteiger partial charge in [0, 0.05) is 19.7 Å². The van der Waals surface area contributed by atoms with Gasteiger partial charge in [-0.2, -0.15) is 5.10 Å². The monoisotopic (exact) mass is 388 g/mol. The third kappa shape index (κ3) is 4.09. The lowest BCUT2D eigenvalue weighted by Crippen LogP contribution is -2.41. The van der Waals surface area contributed by atoms with Gasteiger partial charge in [0.25, 0.3) is 0 Å². The Hall–Kier alpha value is -2.68. The number of nitrogen functional groups attached to an aromatic ring is 1. The molecule has 2 amide bonds. The van der Waals surface area contributed by atoms with Crippen molar-refractivity contribution in [1.29, 1.82) is 0 Å². The smallest absolute Gasteiger partial charge is 0.314 e. The van der Waals surface area contributed by atoms with Gasteiger partial charge in [0.05, 0.1) is 23.5 Å². The Kier molecular flexibility index (Phi) is 6.13. The SMILES string of the molecule is CCN(CC(C)C)C(=O)C(=O)Nc1cnc(N)c2cnn(C3CCCCO3)c12. The molecule has 0 radical (unpaired) electrons. The number of amides is 2. The number of carbonyl (C=O) groups excluding carboxylic acids is 2. The van der Waals surface area contributed by atoms with Crippen molar-refractivity contribution in [2.75, 3.05) is 30.7 Å². The molecule has 1 saturated heterocycles. The molecule has 3 heterocycles. The molecule has 28 heavy (non-hydrogen) atoms. The van der Waals surface area contributed by atoms with Crippen LogP contribution in [0.2, 0.25) is 0 Å². The Morgan fingerprint density at radius 1 is 1.39 bits per heavy atom. The normalized spacial score (nSPS) is 17.1. The zero-order valence-corrected chi connectivity index (χ0v) is 16.6. The van der Waals surface area contributed by atoms with Crippen LogP contribution in [0.3, 0.4) is 0 Å². The second-order valence-corrected chi connectivity index (χ2v) is 7.42. The molecule has 1 atom stereocenters. The number of fused-ring (bicyclic) bond motifs is 1. The van der Waals surface area contributed by atoms with Crippen LogP contribution in [-0.2, 0) is 14.3 Å². The Morgan fingerprint density at radius 3 is 2.82 bits per heavy atom. The predicted molar refractivity (Wildman–Crippen MR) is 107 cm³/mol. The van der Waals surface area contributed by atoms with Crippen LogP contribution in [-0.4, -0.2) is 51.2 Å². The van der Waals surface area contributed by atoms with Crippen molar-refractivity contribution in [1.82, 2.24) is 19.7 Å². The number of aromatic nitrogens is 3. The molecule has 0 aromatic carbocycles. The number of nitrogens with two attached hydrogens (primary N) is 1. The van der Waals surface area contributed by atoms with Gasteiger partial charge in [-0.3, -0.25) is 9.59 Å². The summed E-state index contributed by atoms with van der Waals surface area (Å²) in [7, 11) is 0. The molecule has 1 fully saturated rings. The first-order valence-corrected chi connectivity index (χ1v) is 9.75. The van der Waals surface area contributed by atoms with Crippen molar-refractivity contribution < 1.29 is 14.3 Å². The highest BCUT2D eigenvalue weighted by molar-refractivity contribution is 6.40. The van der Waals surface area contributed by atoms with E-state index in [1.165, 1.54) is 11.1 Å². The predicted octanol–water partition coefficient (Wildman–Crippen LogP) is 2.16. The minimum Gasteiger partial charge on any atom is -0.383 e. The van der Waals surface area contributed by atoms with Gasteiger partial charge in [0.1, 0.15) is 11.3 Å². The number of pyridine rings is 1. The van der Waals surface area contributed by atoms with Crippen LogP contribution in [0.25, 0.3) is 10.9 Å². The molecule has 1 aliphatic rings. The Labute approximate surface area is 164 Å². The number of ether oxygens (including phenoxy) is 1. The first kappa shape index (κ1) is 20.1. The van der Waals surface area contributed by atoms with E-state index in [1.54, 1.807) is 10.9 Å². The third-order valence-electron chi connectivity index (χ3n) is 4.78. The maximum Gasteiger partial charge on any atom is 0.314 e. The maximum atomic E-state index is 12.6. The summed E-state index contributed by atoms with van der Waals surface area (Å²) in [6.07, 6.45) is 5.72. The lowest BCUT2D eigenvalue weighted by atomic mass is 10.2. The van der Waals surface area contributed by atoms with Crippen LogP contribution in [0.5, 0.6) is 0 Å². The standard InChI is InChI=1S/C19H28N6O3/c1-4-24(11-12(2)3)19(27)18(26)23-14-10-21-17(20)13-9-22-25(16(13)14)15-7-5-6-8-28-15/h9-10,12,15H,4-8,11H2,1-3H3,(H2,20,21)(H,23,26). The second kappa shape index (κ2) is 8.55. The van der Waals surface area contributed by atoms with Crippen LogP contribution >= 0.6 is 0 Å². The van der Waals surface area contributed by atoms with Gasteiger partial charge >= 0.3 is 11.8 Å². The molecular formula is C19H28N6O3. The summed E-state index contributed by atoms with van der Waals surface area (Å²) in [5, 5.41) is 7.73. The van der Waals surface area contributed by atoms with E-state index in [4.69, 9.17) is 10.5 Å². The number of rotatable bonds is 5. The largest absolute Gasteiger partial charge is 0.383 e. The van der Waals surface area contributed by atoms with Crippen molar-refractivity contribution in [2.24, 2.45) is 5.92 Å². The highest BCUT2D eigenvalue weighted by Gasteiger charge is 2.25. The van der Waals surface area contributed by atoms with Crippen LogP contribution in [0.4, 0.5) is 11.5 Å². The van der Waals surface area contributed by atoms with Gasteiger partial charge < -0.3 is 20.7 Å². The average Bonchev–Trinajstić information content (AvgIpc) is 3.14. The minimum absolute atomic E-state index is 0.229. The fraction of sp³-hybridized carbons (Fsp3) is 0.579. The number of hydrogen-bond acceptors (Lipinski definition) is 6. The topological polar surface area (TPSA) is 115 Å². The van der Waals surface area contributed by atoms with E-state index in [2.05, 4.69) is 15.4 Å². The first-order valence-electron chi connectivity index (χ1n) is 9.75. The molecule has 0 aliphatic carbocycles. The molecular weight excluding hydrogens is 360 g/mol. The molecule has 3 N–H and O–H groups in total. The highest BCUT2D eigenvalue weighted by Crippen LogP contribution is 2.32. The van der Waals surface area contributed by atoms with Crippen LogP contribution in [0.1, 0.15) is 46.3 Å². The molecule has 152 valence electrons. The third-order valence-corrected chi connectivity index (χ3v) is 4.78. The zero-order chi connectivity index (χ0) is 20.3. The van der Waals surface area contributed by atoms with Crippen LogP contribution in [0, 0.1) is 5.92 Å². The lowest BCUT2D eigenvalue weighted by Gasteiger charge is -2.24. The van der Waals surface area contributed by atoms with E-state index < -0.39 is 11.8 Å². The average molecular weight is 388 g/mol. The minimum atomic E-state index is -0.701. The van der Waals surface area contributed by atoms with Gasteiger partial charge in [-0.1, -0.05) is 13.8 Å². The van der Waals surface area contributed by atoms with Gasteiger partial charge in [0.2, 0.25) is 0 Å².